The van der Waals surface area contributed by atoms with Gasteiger partial charge < -0.3 is 0 Å². The summed E-state index contributed by atoms with van der Waals surface area (Å²) < 4.78 is 0. The van der Waals surface area contributed by atoms with Crippen LogP contribution >= 0.6 is 0 Å². The largest absolute Gasteiger partial charge is 0.299 e. The van der Waals surface area contributed by atoms with E-state index in [4.69, 9.17) is 5.26 Å². The molecule has 0 N–H and O–H groups in total. The monoisotopic (exact) mass is 279 g/mol. The third-order valence-corrected chi connectivity index (χ3v) is 3.72. The Morgan fingerprint density at radius 2 is 2.10 bits per heavy atom. The highest BCUT2D eigenvalue weighted by Gasteiger charge is 2.11. The number of nitriles is 1. The summed E-state index contributed by atoms with van der Waals surface area (Å²) >= 11 is 0. The zero-order valence-electron chi connectivity index (χ0n) is 12.9. The predicted octanol–water partition coefficient (Wildman–Crippen LogP) is 3.32. The van der Waals surface area contributed by atoms with Crippen LogP contribution in [0.25, 0.3) is 0 Å². The Kier molecular flexibility index (Phi) is 5.08. The van der Waals surface area contributed by atoms with Gasteiger partial charge in [0.1, 0.15) is 0 Å². The van der Waals surface area contributed by atoms with E-state index < -0.39 is 0 Å². The van der Waals surface area contributed by atoms with Crippen LogP contribution in [0.3, 0.4) is 0 Å². The minimum Gasteiger partial charge on any atom is -0.299 e. The van der Waals surface area contributed by atoms with Crippen molar-refractivity contribution in [2.45, 2.75) is 32.9 Å². The lowest BCUT2D eigenvalue weighted by Crippen LogP contribution is -2.30. The molecule has 0 radical (unpaired) electrons. The number of hydrogen-bond donors (Lipinski definition) is 0. The number of rotatable bonds is 5. The zero-order chi connectivity index (χ0) is 15.2. The summed E-state index contributed by atoms with van der Waals surface area (Å²) in [4.78, 5) is 6.72. The summed E-state index contributed by atoms with van der Waals surface area (Å²) in [5, 5.41) is 8.95. The second-order valence-corrected chi connectivity index (χ2v) is 5.60. The normalized spacial score (nSPS) is 12.1. The van der Waals surface area contributed by atoms with E-state index in [-0.39, 0.29) is 0 Å². The average Bonchev–Trinajstić information content (AvgIpc) is 2.47. The van der Waals surface area contributed by atoms with Gasteiger partial charge in [-0.2, -0.15) is 5.26 Å². The summed E-state index contributed by atoms with van der Waals surface area (Å²) in [6, 6.07) is 14.5. The molecule has 0 bridgehead atoms. The second kappa shape index (κ2) is 7.01. The van der Waals surface area contributed by atoms with Crippen molar-refractivity contribution < 1.29 is 0 Å². The lowest BCUT2D eigenvalue weighted by Gasteiger charge is -2.24. The van der Waals surface area contributed by atoms with Crippen LogP contribution in [-0.2, 0) is 13.0 Å². The molecule has 0 saturated carbocycles. The zero-order valence-corrected chi connectivity index (χ0v) is 12.9. The molecule has 0 aliphatic carbocycles. The van der Waals surface area contributed by atoms with Crippen molar-refractivity contribution in [3.8, 4) is 6.07 Å². The summed E-state index contributed by atoms with van der Waals surface area (Å²) in [6.45, 7) is 5.13. The van der Waals surface area contributed by atoms with Gasteiger partial charge in [-0.15, -0.1) is 0 Å². The Morgan fingerprint density at radius 3 is 2.81 bits per heavy atom. The Hall–Kier alpha value is -2.18. The van der Waals surface area contributed by atoms with Gasteiger partial charge >= 0.3 is 0 Å². The van der Waals surface area contributed by atoms with E-state index in [9.17, 15) is 0 Å². The molecule has 0 aliphatic rings. The lowest BCUT2D eigenvalue weighted by molar-refractivity contribution is 0.247. The van der Waals surface area contributed by atoms with Crippen molar-refractivity contribution >= 4 is 0 Å². The van der Waals surface area contributed by atoms with Gasteiger partial charge in [0.15, 0.2) is 0 Å². The SMILES string of the molecule is Cc1ccnc(C[C@H](C)N(C)Cc2cccc(C#N)c2)c1. The quantitative estimate of drug-likeness (QED) is 0.843. The van der Waals surface area contributed by atoms with Crippen LogP contribution < -0.4 is 0 Å². The highest BCUT2D eigenvalue weighted by atomic mass is 15.1. The number of benzene rings is 1. The number of hydrogen-bond acceptors (Lipinski definition) is 3. The predicted molar refractivity (Wildman–Crippen MR) is 84.8 cm³/mol. The van der Waals surface area contributed by atoms with E-state index in [0.717, 1.165) is 18.7 Å². The van der Waals surface area contributed by atoms with Gasteiger partial charge in [-0.05, 0) is 56.3 Å². The van der Waals surface area contributed by atoms with Gasteiger partial charge in [0.05, 0.1) is 11.6 Å². The molecule has 0 spiro atoms. The first kappa shape index (κ1) is 15.2. The molecule has 21 heavy (non-hydrogen) atoms. The molecule has 1 atom stereocenters. The molecule has 2 rings (SSSR count). The van der Waals surface area contributed by atoms with E-state index in [1.807, 2.05) is 30.5 Å². The van der Waals surface area contributed by atoms with Gasteiger partial charge in [-0.3, -0.25) is 9.88 Å². The molecular formula is C18H21N3. The maximum atomic E-state index is 8.95. The molecule has 1 aromatic carbocycles. The first-order chi connectivity index (χ1) is 10.1. The molecule has 0 aliphatic heterocycles. The third kappa shape index (κ3) is 4.40. The topological polar surface area (TPSA) is 39.9 Å². The molecule has 3 heteroatoms. The van der Waals surface area contributed by atoms with Crippen molar-refractivity contribution in [1.29, 1.82) is 5.26 Å². The van der Waals surface area contributed by atoms with Crippen LogP contribution in [-0.4, -0.2) is 23.0 Å². The highest BCUT2D eigenvalue weighted by molar-refractivity contribution is 5.32. The minimum absolute atomic E-state index is 0.394. The molecular weight excluding hydrogens is 258 g/mol. The summed E-state index contributed by atoms with van der Waals surface area (Å²) in [5.41, 5.74) is 4.26. The standard InChI is InChI=1S/C18H21N3/c1-14-7-8-20-18(9-14)10-15(2)21(3)13-17-6-4-5-16(11-17)12-19/h4-9,11,15H,10,13H2,1-3H3/t15-/m0/s1. The van der Waals surface area contributed by atoms with Crippen LogP contribution in [0.15, 0.2) is 42.6 Å². The summed E-state index contributed by atoms with van der Waals surface area (Å²) in [6.07, 6.45) is 2.80. The molecule has 1 aromatic heterocycles. The van der Waals surface area contributed by atoms with Gasteiger partial charge in [0.2, 0.25) is 0 Å². The van der Waals surface area contributed by atoms with Crippen molar-refractivity contribution in [2.75, 3.05) is 7.05 Å². The van der Waals surface area contributed by atoms with E-state index in [1.54, 1.807) is 0 Å². The first-order valence-corrected chi connectivity index (χ1v) is 7.19. The molecule has 108 valence electrons. The number of nitrogens with zero attached hydrogens (tertiary/aromatic N) is 3. The smallest absolute Gasteiger partial charge is 0.0991 e. The van der Waals surface area contributed by atoms with Crippen molar-refractivity contribution in [1.82, 2.24) is 9.88 Å². The molecule has 1 heterocycles. The number of aryl methyl sites for hydroxylation is 1. The molecule has 2 aromatic rings. The van der Waals surface area contributed by atoms with Crippen LogP contribution in [0.1, 0.15) is 29.3 Å². The number of aromatic nitrogens is 1. The Balaban J connectivity index is 1.99. The van der Waals surface area contributed by atoms with Crippen molar-refractivity contribution in [3.05, 3.63) is 65.0 Å². The molecule has 0 amide bonds. The lowest BCUT2D eigenvalue weighted by atomic mass is 10.1. The van der Waals surface area contributed by atoms with Gasteiger partial charge in [0, 0.05) is 30.9 Å². The van der Waals surface area contributed by atoms with E-state index in [1.165, 1.54) is 11.1 Å². The third-order valence-electron chi connectivity index (χ3n) is 3.72. The van der Waals surface area contributed by atoms with E-state index >= 15 is 0 Å². The maximum Gasteiger partial charge on any atom is 0.0991 e. The molecule has 0 saturated heterocycles. The fraction of sp³-hybridized carbons (Fsp3) is 0.333. The van der Waals surface area contributed by atoms with Crippen molar-refractivity contribution in [2.24, 2.45) is 0 Å². The first-order valence-electron chi connectivity index (χ1n) is 7.19. The molecule has 0 fully saturated rings. The summed E-state index contributed by atoms with van der Waals surface area (Å²) in [7, 11) is 2.11. The summed E-state index contributed by atoms with van der Waals surface area (Å²) in [5.74, 6) is 0. The van der Waals surface area contributed by atoms with Gasteiger partial charge in [-0.25, -0.2) is 0 Å². The highest BCUT2D eigenvalue weighted by Crippen LogP contribution is 2.12. The second-order valence-electron chi connectivity index (χ2n) is 5.60. The van der Waals surface area contributed by atoms with Gasteiger partial charge in [-0.1, -0.05) is 12.1 Å². The van der Waals surface area contributed by atoms with E-state index in [2.05, 4.69) is 49.0 Å². The number of likely N-dealkylation sites (N-methyl/N-ethyl adjacent to an activating group) is 1. The fourth-order valence-corrected chi connectivity index (χ4v) is 2.35. The Bertz CT molecular complexity index is 643. The number of pyridine rings is 1. The van der Waals surface area contributed by atoms with Crippen LogP contribution in [0.4, 0.5) is 0 Å². The minimum atomic E-state index is 0.394. The van der Waals surface area contributed by atoms with Gasteiger partial charge in [0.25, 0.3) is 0 Å². The maximum absolute atomic E-state index is 8.95. The van der Waals surface area contributed by atoms with Crippen LogP contribution in [0.2, 0.25) is 0 Å². The average molecular weight is 279 g/mol. The Labute approximate surface area is 126 Å². The van der Waals surface area contributed by atoms with E-state index in [0.29, 0.717) is 11.6 Å². The molecule has 3 nitrogen and oxygen atoms in total. The van der Waals surface area contributed by atoms with Crippen molar-refractivity contribution in [3.63, 3.8) is 0 Å². The van der Waals surface area contributed by atoms with Crippen LogP contribution in [0, 0.1) is 18.3 Å². The fourth-order valence-electron chi connectivity index (χ4n) is 2.35. The van der Waals surface area contributed by atoms with Crippen LogP contribution in [0.5, 0.6) is 0 Å². The molecule has 0 unspecified atom stereocenters. The Morgan fingerprint density at radius 1 is 1.29 bits per heavy atom.